The number of hydrogen-bond acceptors (Lipinski definition) is 5. The first-order chi connectivity index (χ1) is 9.76. The Bertz CT molecular complexity index is 636. The number of rotatable bonds is 4. The van der Waals surface area contributed by atoms with Gasteiger partial charge in [-0.15, -0.1) is 0 Å². The number of aromatic amines is 1. The highest BCUT2D eigenvalue weighted by molar-refractivity contribution is 7.91. The molecule has 0 aromatic carbocycles. The minimum absolute atomic E-state index is 0.0218. The Balaban J connectivity index is 2.25. The molecule has 2 heterocycles. The Morgan fingerprint density at radius 3 is 2.62 bits per heavy atom. The quantitative estimate of drug-likeness (QED) is 0.853. The largest absolute Gasteiger partial charge is 0.395 e. The van der Waals surface area contributed by atoms with Crippen LogP contribution in [0.3, 0.4) is 0 Å². The second-order valence-corrected chi connectivity index (χ2v) is 7.93. The highest BCUT2D eigenvalue weighted by atomic mass is 32.2. The predicted octanol–water partition coefficient (Wildman–Crippen LogP) is 0.764. The van der Waals surface area contributed by atoms with E-state index in [1.807, 2.05) is 20.8 Å². The highest BCUT2D eigenvalue weighted by Gasteiger charge is 2.35. The first kappa shape index (κ1) is 15.8. The van der Waals surface area contributed by atoms with Crippen molar-refractivity contribution in [2.75, 3.05) is 23.8 Å². The highest BCUT2D eigenvalue weighted by Crippen LogP contribution is 2.25. The maximum Gasteiger partial charge on any atom is 0.276 e. The molecule has 7 nitrogen and oxygen atoms in total. The van der Waals surface area contributed by atoms with Gasteiger partial charge in [0, 0.05) is 12.6 Å². The number of hydrogen-bond donors (Lipinski definition) is 2. The number of carbonyl (C=O) groups excluding carboxylic acids is 1. The average Bonchev–Trinajstić information content (AvgIpc) is 2.93. The van der Waals surface area contributed by atoms with Crippen LogP contribution in [-0.4, -0.2) is 53.5 Å². The summed E-state index contributed by atoms with van der Waals surface area (Å²) in [6.45, 7) is 6.18. The number of nitrogens with zero attached hydrogens (tertiary/aromatic N) is 2. The number of H-pyrrole nitrogens is 1. The molecule has 3 N–H and O–H groups in total. The second-order valence-electron chi connectivity index (χ2n) is 5.70. The van der Waals surface area contributed by atoms with Crippen LogP contribution in [0.15, 0.2) is 0 Å². The van der Waals surface area contributed by atoms with Crippen molar-refractivity contribution in [1.82, 2.24) is 15.1 Å². The van der Waals surface area contributed by atoms with E-state index in [4.69, 9.17) is 5.73 Å². The lowest BCUT2D eigenvalue weighted by Gasteiger charge is -2.26. The van der Waals surface area contributed by atoms with Gasteiger partial charge < -0.3 is 10.6 Å². The van der Waals surface area contributed by atoms with E-state index < -0.39 is 9.84 Å². The molecular formula is C13H22N4O3S. The number of aromatic nitrogens is 2. The fourth-order valence-corrected chi connectivity index (χ4v) is 4.42. The number of nitrogens with one attached hydrogen (secondary N) is 1. The topological polar surface area (TPSA) is 109 Å². The van der Waals surface area contributed by atoms with Gasteiger partial charge in [0.15, 0.2) is 15.5 Å². The van der Waals surface area contributed by atoms with Crippen molar-refractivity contribution in [2.45, 2.75) is 39.2 Å². The number of anilines is 1. The summed E-state index contributed by atoms with van der Waals surface area (Å²) < 4.78 is 23.2. The molecule has 0 aliphatic carbocycles. The van der Waals surface area contributed by atoms with Crippen LogP contribution in [0, 0.1) is 0 Å². The predicted molar refractivity (Wildman–Crippen MR) is 80.9 cm³/mol. The lowest BCUT2D eigenvalue weighted by atomic mass is 10.1. The van der Waals surface area contributed by atoms with Crippen LogP contribution in [0.5, 0.6) is 0 Å². The SMILES string of the molecule is CCN(C(=O)c1n[nH]c(C(C)C)c1N)C1CCS(=O)(=O)C1. The summed E-state index contributed by atoms with van der Waals surface area (Å²) in [4.78, 5) is 14.2. The molecule has 1 fully saturated rings. The summed E-state index contributed by atoms with van der Waals surface area (Å²) in [6.07, 6.45) is 0.475. The van der Waals surface area contributed by atoms with E-state index in [1.165, 1.54) is 0 Å². The third kappa shape index (κ3) is 3.04. The Morgan fingerprint density at radius 1 is 1.52 bits per heavy atom. The molecular weight excluding hydrogens is 292 g/mol. The van der Waals surface area contributed by atoms with E-state index in [0.29, 0.717) is 18.7 Å². The van der Waals surface area contributed by atoms with Gasteiger partial charge in [-0.3, -0.25) is 9.89 Å². The summed E-state index contributed by atoms with van der Waals surface area (Å²) in [5.41, 5.74) is 7.26. The Labute approximate surface area is 124 Å². The monoisotopic (exact) mass is 314 g/mol. The van der Waals surface area contributed by atoms with Gasteiger partial charge in [0.1, 0.15) is 0 Å². The molecule has 118 valence electrons. The van der Waals surface area contributed by atoms with Crippen molar-refractivity contribution < 1.29 is 13.2 Å². The zero-order chi connectivity index (χ0) is 15.8. The molecule has 0 saturated carbocycles. The second kappa shape index (κ2) is 5.67. The van der Waals surface area contributed by atoms with Crippen LogP contribution in [-0.2, 0) is 9.84 Å². The maximum atomic E-state index is 12.6. The molecule has 1 aromatic rings. The van der Waals surface area contributed by atoms with Gasteiger partial charge >= 0.3 is 0 Å². The molecule has 1 unspecified atom stereocenters. The molecule has 1 aliphatic rings. The fraction of sp³-hybridized carbons (Fsp3) is 0.692. The minimum atomic E-state index is -3.04. The fourth-order valence-electron chi connectivity index (χ4n) is 2.69. The molecule has 1 atom stereocenters. The number of nitrogen functional groups attached to an aromatic ring is 1. The standard InChI is InChI=1S/C13H22N4O3S/c1-4-17(9-5-6-21(19,20)7-9)13(18)12-10(14)11(8(2)3)15-16-12/h8-9H,4-7,14H2,1-3H3,(H,15,16). The molecule has 1 aliphatic heterocycles. The van der Waals surface area contributed by atoms with Crippen molar-refractivity contribution in [3.05, 3.63) is 11.4 Å². The molecule has 1 aromatic heterocycles. The Kier molecular flexibility index (Phi) is 4.27. The molecule has 1 saturated heterocycles. The van der Waals surface area contributed by atoms with Crippen molar-refractivity contribution in [3.63, 3.8) is 0 Å². The Hall–Kier alpha value is -1.57. The molecule has 0 bridgehead atoms. The van der Waals surface area contributed by atoms with Crippen LogP contribution in [0.2, 0.25) is 0 Å². The maximum absolute atomic E-state index is 12.6. The van der Waals surface area contributed by atoms with Crippen molar-refractivity contribution in [2.24, 2.45) is 0 Å². The van der Waals surface area contributed by atoms with Gasteiger partial charge in [-0.1, -0.05) is 13.8 Å². The first-order valence-electron chi connectivity index (χ1n) is 7.12. The van der Waals surface area contributed by atoms with Crippen molar-refractivity contribution >= 4 is 21.4 Å². The average molecular weight is 314 g/mol. The zero-order valence-corrected chi connectivity index (χ0v) is 13.4. The van der Waals surface area contributed by atoms with Crippen molar-refractivity contribution in [3.8, 4) is 0 Å². The van der Waals surface area contributed by atoms with Gasteiger partial charge in [0.2, 0.25) is 0 Å². The van der Waals surface area contributed by atoms with E-state index >= 15 is 0 Å². The third-order valence-electron chi connectivity index (χ3n) is 3.86. The molecule has 8 heteroatoms. The molecule has 1 amide bonds. The van der Waals surface area contributed by atoms with Gasteiger partial charge in [-0.05, 0) is 19.3 Å². The summed E-state index contributed by atoms with van der Waals surface area (Å²) in [5, 5.41) is 6.82. The van der Waals surface area contributed by atoms with Crippen LogP contribution in [0.25, 0.3) is 0 Å². The van der Waals surface area contributed by atoms with Crippen LogP contribution < -0.4 is 5.73 Å². The summed E-state index contributed by atoms with van der Waals surface area (Å²) in [7, 11) is -3.04. The lowest BCUT2D eigenvalue weighted by molar-refractivity contribution is 0.0703. The summed E-state index contributed by atoms with van der Waals surface area (Å²) in [6, 6.07) is -0.286. The van der Waals surface area contributed by atoms with E-state index in [9.17, 15) is 13.2 Å². The molecule has 21 heavy (non-hydrogen) atoms. The van der Waals surface area contributed by atoms with E-state index in [2.05, 4.69) is 10.2 Å². The minimum Gasteiger partial charge on any atom is -0.395 e. The van der Waals surface area contributed by atoms with Gasteiger partial charge in [0.25, 0.3) is 5.91 Å². The van der Waals surface area contributed by atoms with Crippen LogP contribution in [0.1, 0.15) is 49.3 Å². The number of sulfone groups is 1. The van der Waals surface area contributed by atoms with E-state index in [0.717, 1.165) is 5.69 Å². The first-order valence-corrected chi connectivity index (χ1v) is 8.94. The zero-order valence-electron chi connectivity index (χ0n) is 12.6. The molecule has 0 radical (unpaired) electrons. The smallest absolute Gasteiger partial charge is 0.276 e. The normalized spacial score (nSPS) is 20.9. The van der Waals surface area contributed by atoms with Gasteiger partial charge in [-0.25, -0.2) is 8.42 Å². The van der Waals surface area contributed by atoms with Crippen LogP contribution in [0.4, 0.5) is 5.69 Å². The summed E-state index contributed by atoms with van der Waals surface area (Å²) in [5.74, 6) is -0.0101. The Morgan fingerprint density at radius 2 is 2.19 bits per heavy atom. The number of nitrogens with two attached hydrogens (primary N) is 1. The molecule has 0 spiro atoms. The van der Waals surface area contributed by atoms with Crippen molar-refractivity contribution in [1.29, 1.82) is 0 Å². The lowest BCUT2D eigenvalue weighted by Crippen LogP contribution is -2.41. The molecule has 2 rings (SSSR count). The van der Waals surface area contributed by atoms with Gasteiger partial charge in [0.05, 0.1) is 22.9 Å². The van der Waals surface area contributed by atoms with E-state index in [1.54, 1.807) is 4.90 Å². The number of amides is 1. The number of carbonyl (C=O) groups is 1. The summed E-state index contributed by atoms with van der Waals surface area (Å²) >= 11 is 0. The third-order valence-corrected chi connectivity index (χ3v) is 5.61. The van der Waals surface area contributed by atoms with E-state index in [-0.39, 0.29) is 35.1 Å². The van der Waals surface area contributed by atoms with Gasteiger partial charge in [-0.2, -0.15) is 5.10 Å². The van der Waals surface area contributed by atoms with Crippen LogP contribution >= 0.6 is 0 Å².